The summed E-state index contributed by atoms with van der Waals surface area (Å²) < 4.78 is 9.95. The number of fused-ring (bicyclic) bond motifs is 2. The van der Waals surface area contributed by atoms with Crippen LogP contribution < -0.4 is 15.4 Å². The molecule has 1 aliphatic heterocycles. The molecule has 9 heteroatoms. The molecule has 0 bridgehead atoms. The molecular formula is C24H27N7O2. The highest BCUT2D eigenvalue weighted by Gasteiger charge is 2.34. The van der Waals surface area contributed by atoms with E-state index in [9.17, 15) is 4.79 Å². The summed E-state index contributed by atoms with van der Waals surface area (Å²) in [7, 11) is 1.89. The average Bonchev–Trinajstić information content (AvgIpc) is 3.36. The van der Waals surface area contributed by atoms with Gasteiger partial charge in [0.25, 0.3) is 0 Å². The lowest BCUT2D eigenvalue weighted by molar-refractivity contribution is 0.100. The second kappa shape index (κ2) is 7.61. The number of aromatic nitrogens is 5. The maximum atomic E-state index is 11.7. The van der Waals surface area contributed by atoms with E-state index in [0.717, 1.165) is 40.7 Å². The number of primary amides is 1. The van der Waals surface area contributed by atoms with Crippen LogP contribution in [0.5, 0.6) is 5.75 Å². The van der Waals surface area contributed by atoms with Gasteiger partial charge in [-0.25, -0.2) is 9.97 Å². The third-order valence-corrected chi connectivity index (χ3v) is 6.10. The zero-order valence-corrected chi connectivity index (χ0v) is 19.2. The summed E-state index contributed by atoms with van der Waals surface area (Å²) in [6.07, 6.45) is 3.74. The summed E-state index contributed by atoms with van der Waals surface area (Å²) in [5.74, 6) is 1.82. The van der Waals surface area contributed by atoms with Gasteiger partial charge >= 0.3 is 0 Å². The first-order valence-electron chi connectivity index (χ1n) is 11.0. The van der Waals surface area contributed by atoms with Crippen LogP contribution in [0, 0.1) is 0 Å². The van der Waals surface area contributed by atoms with Crippen LogP contribution in [0.15, 0.2) is 42.7 Å². The zero-order valence-electron chi connectivity index (χ0n) is 19.2. The lowest BCUT2D eigenvalue weighted by Gasteiger charge is -2.43. The van der Waals surface area contributed by atoms with E-state index in [1.54, 1.807) is 16.8 Å². The third kappa shape index (κ3) is 3.59. The quantitative estimate of drug-likeness (QED) is 0.506. The molecule has 1 aliphatic rings. The first-order chi connectivity index (χ1) is 15.8. The number of likely N-dealkylation sites (N-methyl/N-ethyl adjacent to an activating group) is 1. The van der Waals surface area contributed by atoms with Crippen molar-refractivity contribution >= 4 is 22.8 Å². The fraction of sp³-hybridized carbons (Fsp3) is 0.333. The van der Waals surface area contributed by atoms with E-state index in [1.165, 1.54) is 0 Å². The monoisotopic (exact) mass is 445 g/mol. The molecule has 0 saturated carbocycles. The van der Waals surface area contributed by atoms with Crippen molar-refractivity contribution in [2.24, 2.45) is 12.8 Å². The molecule has 33 heavy (non-hydrogen) atoms. The van der Waals surface area contributed by atoms with Crippen molar-refractivity contribution in [2.45, 2.75) is 32.9 Å². The Bertz CT molecular complexity index is 1370. The number of pyridine rings is 1. The summed E-state index contributed by atoms with van der Waals surface area (Å²) in [5, 5.41) is 4.53. The van der Waals surface area contributed by atoms with Gasteiger partial charge in [-0.15, -0.1) is 0 Å². The van der Waals surface area contributed by atoms with Crippen molar-refractivity contribution in [3.05, 3.63) is 54.0 Å². The molecule has 0 fully saturated rings. The normalized spacial score (nSPS) is 14.8. The Kier molecular flexibility index (Phi) is 4.84. The van der Waals surface area contributed by atoms with Gasteiger partial charge in [0.2, 0.25) is 5.91 Å². The summed E-state index contributed by atoms with van der Waals surface area (Å²) >= 11 is 0. The molecule has 170 valence electrons. The zero-order chi connectivity index (χ0) is 23.3. The second-order valence-electron chi connectivity index (χ2n) is 8.96. The number of aryl methyl sites for hydroxylation is 1. The summed E-state index contributed by atoms with van der Waals surface area (Å²) in [4.78, 5) is 23.6. The minimum atomic E-state index is -0.483. The predicted octanol–water partition coefficient (Wildman–Crippen LogP) is 2.98. The molecule has 1 aromatic carbocycles. The number of ether oxygens (including phenoxy) is 1. The number of hydrogen-bond acceptors (Lipinski definition) is 6. The van der Waals surface area contributed by atoms with Gasteiger partial charge in [-0.05, 0) is 51.1 Å². The van der Waals surface area contributed by atoms with E-state index in [-0.39, 0.29) is 5.54 Å². The second-order valence-corrected chi connectivity index (χ2v) is 8.96. The minimum Gasteiger partial charge on any atom is -0.487 e. The van der Waals surface area contributed by atoms with Gasteiger partial charge in [-0.1, -0.05) is 0 Å². The molecule has 0 aliphatic carbocycles. The van der Waals surface area contributed by atoms with Gasteiger partial charge in [-0.2, -0.15) is 5.10 Å². The first-order valence-corrected chi connectivity index (χ1v) is 11.0. The van der Waals surface area contributed by atoms with E-state index in [0.29, 0.717) is 24.2 Å². The van der Waals surface area contributed by atoms with Gasteiger partial charge < -0.3 is 19.9 Å². The largest absolute Gasteiger partial charge is 0.487 e. The maximum absolute atomic E-state index is 11.7. The van der Waals surface area contributed by atoms with Gasteiger partial charge in [0.15, 0.2) is 11.6 Å². The highest BCUT2D eigenvalue weighted by Crippen LogP contribution is 2.39. The Morgan fingerprint density at radius 3 is 2.76 bits per heavy atom. The van der Waals surface area contributed by atoms with E-state index < -0.39 is 5.91 Å². The maximum Gasteiger partial charge on any atom is 0.248 e. The van der Waals surface area contributed by atoms with E-state index >= 15 is 0 Å². The molecule has 0 atom stereocenters. The number of imidazole rings is 1. The lowest BCUT2D eigenvalue weighted by Crippen LogP contribution is -2.51. The molecule has 1 amide bonds. The van der Waals surface area contributed by atoms with Gasteiger partial charge in [-0.3, -0.25) is 9.48 Å². The third-order valence-electron chi connectivity index (χ3n) is 6.10. The van der Waals surface area contributed by atoms with E-state index in [1.807, 2.05) is 37.6 Å². The molecule has 2 N–H and O–H groups in total. The topological polar surface area (TPSA) is 104 Å². The molecule has 0 saturated heterocycles. The molecule has 0 radical (unpaired) electrons. The van der Waals surface area contributed by atoms with Crippen molar-refractivity contribution < 1.29 is 9.53 Å². The number of amides is 1. The number of carbonyl (C=O) groups excluding carboxylic acids is 1. The lowest BCUT2D eigenvalue weighted by atomic mass is 10.0. The van der Waals surface area contributed by atoms with Crippen LogP contribution in [0.4, 0.5) is 5.82 Å². The number of hydrogen-bond donors (Lipinski definition) is 1. The molecule has 4 heterocycles. The number of benzene rings is 1. The highest BCUT2D eigenvalue weighted by molar-refractivity contribution is 5.96. The van der Waals surface area contributed by atoms with Crippen LogP contribution in [0.3, 0.4) is 0 Å². The van der Waals surface area contributed by atoms with Crippen LogP contribution in [0.1, 0.15) is 36.8 Å². The van der Waals surface area contributed by atoms with Crippen molar-refractivity contribution in [3.8, 4) is 17.1 Å². The molecular weight excluding hydrogens is 418 g/mol. The Hall–Kier alpha value is -3.88. The van der Waals surface area contributed by atoms with Gasteiger partial charge in [0, 0.05) is 37.1 Å². The molecule has 0 unspecified atom stereocenters. The smallest absolute Gasteiger partial charge is 0.248 e. The first kappa shape index (κ1) is 21.0. The summed E-state index contributed by atoms with van der Waals surface area (Å²) in [6, 6.07) is 9.28. The minimum absolute atomic E-state index is 0.131. The molecule has 3 aromatic heterocycles. The van der Waals surface area contributed by atoms with Crippen LogP contribution >= 0.6 is 0 Å². The standard InChI is InChI=1S/C24H27N7O2/c1-5-31-23-20(33-14-24(31,2)3)11-16(12-26-23)22-27-18-10-15(21(25)32)6-7-19(18)30(22)13-17-8-9-29(4)28-17/h6-12H,5,13-14H2,1-4H3,(H2,25,32). The molecule has 9 nitrogen and oxygen atoms in total. The average molecular weight is 446 g/mol. The van der Waals surface area contributed by atoms with E-state index in [2.05, 4.69) is 35.3 Å². The van der Waals surface area contributed by atoms with Gasteiger partial charge in [0.1, 0.15) is 12.4 Å². The van der Waals surface area contributed by atoms with Crippen molar-refractivity contribution in [3.63, 3.8) is 0 Å². The Morgan fingerprint density at radius 1 is 1.24 bits per heavy atom. The molecule has 0 spiro atoms. The van der Waals surface area contributed by atoms with Crippen molar-refractivity contribution in [2.75, 3.05) is 18.1 Å². The Morgan fingerprint density at radius 2 is 2.06 bits per heavy atom. The summed E-state index contributed by atoms with van der Waals surface area (Å²) in [5.41, 5.74) is 9.09. The number of nitrogens with two attached hydrogens (primary N) is 1. The predicted molar refractivity (Wildman–Crippen MR) is 126 cm³/mol. The van der Waals surface area contributed by atoms with Crippen LogP contribution in [0.25, 0.3) is 22.4 Å². The number of nitrogens with zero attached hydrogens (tertiary/aromatic N) is 6. The van der Waals surface area contributed by atoms with Crippen LogP contribution in [0.2, 0.25) is 0 Å². The van der Waals surface area contributed by atoms with Gasteiger partial charge in [0.05, 0.1) is 28.8 Å². The number of anilines is 1. The molecule has 5 rings (SSSR count). The van der Waals surface area contributed by atoms with Crippen LogP contribution in [-0.4, -0.2) is 48.9 Å². The molecule has 4 aromatic rings. The SMILES string of the molecule is CCN1c2ncc(-c3nc4cc(C(N)=O)ccc4n3Cc3ccn(C)n3)cc2OCC1(C)C. The number of rotatable bonds is 5. The fourth-order valence-corrected chi connectivity index (χ4v) is 4.44. The summed E-state index contributed by atoms with van der Waals surface area (Å²) in [6.45, 7) is 8.36. The van der Waals surface area contributed by atoms with Crippen LogP contribution in [-0.2, 0) is 13.6 Å². The Balaban J connectivity index is 1.65. The highest BCUT2D eigenvalue weighted by atomic mass is 16.5. The fourth-order valence-electron chi connectivity index (χ4n) is 4.44. The van der Waals surface area contributed by atoms with Crippen molar-refractivity contribution in [1.82, 2.24) is 24.3 Å². The Labute approximate surface area is 191 Å². The number of carbonyl (C=O) groups is 1. The van der Waals surface area contributed by atoms with E-state index in [4.69, 9.17) is 20.4 Å². The van der Waals surface area contributed by atoms with Crippen molar-refractivity contribution in [1.29, 1.82) is 0 Å².